The highest BCUT2D eigenvalue weighted by Crippen LogP contribution is 2.20. The van der Waals surface area contributed by atoms with Crippen molar-refractivity contribution in [2.45, 2.75) is 64.9 Å². The second-order valence-electron chi connectivity index (χ2n) is 6.29. The van der Waals surface area contributed by atoms with Gasteiger partial charge in [-0.1, -0.05) is 33.1 Å². The van der Waals surface area contributed by atoms with Crippen LogP contribution in [0.4, 0.5) is 0 Å². The number of nitrogens with one attached hydrogen (secondary N) is 2. The van der Waals surface area contributed by atoms with Gasteiger partial charge >= 0.3 is 0 Å². The van der Waals surface area contributed by atoms with Crippen LogP contribution >= 0.6 is 24.0 Å². The van der Waals surface area contributed by atoms with Gasteiger partial charge in [-0.2, -0.15) is 0 Å². The maximum absolute atomic E-state index is 5.94. The lowest BCUT2D eigenvalue weighted by atomic mass is 9.98. The van der Waals surface area contributed by atoms with Crippen LogP contribution in [-0.2, 0) is 4.74 Å². The van der Waals surface area contributed by atoms with E-state index in [1.54, 1.807) is 0 Å². The number of hydrogen-bond donors (Lipinski definition) is 2. The van der Waals surface area contributed by atoms with Gasteiger partial charge in [0.2, 0.25) is 0 Å². The summed E-state index contributed by atoms with van der Waals surface area (Å²) in [6.45, 7) is 10.6. The Labute approximate surface area is 166 Å². The molecular formula is C18H39IN4O. The molecule has 144 valence electrons. The predicted octanol–water partition coefficient (Wildman–Crippen LogP) is 3.24. The number of ether oxygens (including phenoxy) is 1. The lowest BCUT2D eigenvalue weighted by molar-refractivity contribution is 0.0277. The Bertz CT molecular complexity index is 305. The van der Waals surface area contributed by atoms with Gasteiger partial charge in [0.25, 0.3) is 0 Å². The summed E-state index contributed by atoms with van der Waals surface area (Å²) in [5.41, 5.74) is 0. The molecule has 0 saturated heterocycles. The second-order valence-corrected chi connectivity index (χ2v) is 6.29. The molecule has 1 fully saturated rings. The van der Waals surface area contributed by atoms with Crippen molar-refractivity contribution in [2.24, 2.45) is 4.99 Å². The Morgan fingerprint density at radius 2 is 1.67 bits per heavy atom. The molecule has 1 saturated carbocycles. The average molecular weight is 454 g/mol. The molecule has 2 N–H and O–H groups in total. The highest BCUT2D eigenvalue weighted by Gasteiger charge is 2.12. The minimum absolute atomic E-state index is 0. The topological polar surface area (TPSA) is 48.9 Å². The van der Waals surface area contributed by atoms with Crippen LogP contribution < -0.4 is 10.6 Å². The van der Waals surface area contributed by atoms with E-state index in [0.717, 1.165) is 58.1 Å². The summed E-state index contributed by atoms with van der Waals surface area (Å²) in [7, 11) is 1.83. The molecule has 6 heteroatoms. The number of nitrogens with zero attached hydrogens (tertiary/aromatic N) is 2. The van der Waals surface area contributed by atoms with Crippen molar-refractivity contribution in [3.8, 4) is 0 Å². The van der Waals surface area contributed by atoms with E-state index in [4.69, 9.17) is 4.74 Å². The van der Waals surface area contributed by atoms with Crippen molar-refractivity contribution < 1.29 is 4.74 Å². The van der Waals surface area contributed by atoms with Crippen LogP contribution in [0, 0.1) is 0 Å². The van der Waals surface area contributed by atoms with Crippen LogP contribution in [0.1, 0.15) is 58.8 Å². The van der Waals surface area contributed by atoms with Gasteiger partial charge in [0.05, 0.1) is 6.10 Å². The molecule has 0 spiro atoms. The van der Waals surface area contributed by atoms with Gasteiger partial charge in [-0.15, -0.1) is 24.0 Å². The number of aliphatic imine (C=N–C) groups is 1. The van der Waals surface area contributed by atoms with Crippen molar-refractivity contribution in [2.75, 3.05) is 46.4 Å². The summed E-state index contributed by atoms with van der Waals surface area (Å²) < 4.78 is 5.94. The zero-order valence-electron chi connectivity index (χ0n) is 16.0. The molecule has 1 aliphatic rings. The largest absolute Gasteiger partial charge is 0.378 e. The van der Waals surface area contributed by atoms with Crippen LogP contribution in [0.25, 0.3) is 0 Å². The third-order valence-corrected chi connectivity index (χ3v) is 4.58. The summed E-state index contributed by atoms with van der Waals surface area (Å²) >= 11 is 0. The zero-order valence-corrected chi connectivity index (χ0v) is 18.3. The first-order chi connectivity index (χ1) is 11.3. The molecule has 0 unspecified atom stereocenters. The van der Waals surface area contributed by atoms with E-state index < -0.39 is 0 Å². The van der Waals surface area contributed by atoms with E-state index >= 15 is 0 Å². The van der Waals surface area contributed by atoms with Gasteiger partial charge in [0.1, 0.15) is 0 Å². The van der Waals surface area contributed by atoms with Crippen molar-refractivity contribution in [1.29, 1.82) is 0 Å². The predicted molar refractivity (Wildman–Crippen MR) is 115 cm³/mol. The zero-order chi connectivity index (χ0) is 16.8. The van der Waals surface area contributed by atoms with Crippen LogP contribution in [0.3, 0.4) is 0 Å². The van der Waals surface area contributed by atoms with Gasteiger partial charge in [0.15, 0.2) is 5.96 Å². The number of guanidine groups is 1. The maximum Gasteiger partial charge on any atom is 0.190 e. The van der Waals surface area contributed by atoms with E-state index in [2.05, 4.69) is 34.4 Å². The Balaban J connectivity index is 0.00000529. The van der Waals surface area contributed by atoms with Gasteiger partial charge in [-0.05, 0) is 45.3 Å². The number of hydrogen-bond acceptors (Lipinski definition) is 3. The minimum atomic E-state index is 0. The molecule has 0 aromatic rings. The highest BCUT2D eigenvalue weighted by atomic mass is 127. The molecule has 0 amide bonds. The summed E-state index contributed by atoms with van der Waals surface area (Å²) in [6, 6.07) is 0. The first-order valence-corrected chi connectivity index (χ1v) is 9.58. The van der Waals surface area contributed by atoms with E-state index in [1.165, 1.54) is 32.1 Å². The van der Waals surface area contributed by atoms with E-state index in [9.17, 15) is 0 Å². The van der Waals surface area contributed by atoms with Crippen LogP contribution in [0.2, 0.25) is 0 Å². The molecule has 0 bridgehead atoms. The quantitative estimate of drug-likeness (QED) is 0.218. The third-order valence-electron chi connectivity index (χ3n) is 4.58. The van der Waals surface area contributed by atoms with Crippen molar-refractivity contribution in [1.82, 2.24) is 15.5 Å². The molecule has 24 heavy (non-hydrogen) atoms. The fraction of sp³-hybridized carbons (Fsp3) is 0.944. The Morgan fingerprint density at radius 1 is 1.04 bits per heavy atom. The highest BCUT2D eigenvalue weighted by molar-refractivity contribution is 14.0. The third kappa shape index (κ3) is 11.5. The van der Waals surface area contributed by atoms with Crippen LogP contribution in [0.15, 0.2) is 4.99 Å². The number of halogens is 1. The molecule has 0 aliphatic heterocycles. The molecule has 5 nitrogen and oxygen atoms in total. The maximum atomic E-state index is 5.94. The number of rotatable bonds is 11. The second kappa shape index (κ2) is 16.4. The fourth-order valence-corrected chi connectivity index (χ4v) is 3.03. The SMILES string of the molecule is CCN(CC)CCCNC(=NC)NCCCOC1CCCCC1.I. The molecule has 0 atom stereocenters. The Morgan fingerprint density at radius 3 is 2.25 bits per heavy atom. The van der Waals surface area contributed by atoms with Gasteiger partial charge in [-0.25, -0.2) is 0 Å². The average Bonchev–Trinajstić information content (AvgIpc) is 2.60. The summed E-state index contributed by atoms with van der Waals surface area (Å²) in [4.78, 5) is 6.72. The van der Waals surface area contributed by atoms with Crippen LogP contribution in [0.5, 0.6) is 0 Å². The van der Waals surface area contributed by atoms with Crippen molar-refractivity contribution in [3.05, 3.63) is 0 Å². The van der Waals surface area contributed by atoms with E-state index in [0.29, 0.717) is 6.10 Å². The standard InChI is InChI=1S/C18H38N4O.HI/c1-4-22(5-2)15-9-13-20-18(19-3)21-14-10-16-23-17-11-7-6-8-12-17;/h17H,4-16H2,1-3H3,(H2,19,20,21);1H. The minimum Gasteiger partial charge on any atom is -0.378 e. The lowest BCUT2D eigenvalue weighted by Crippen LogP contribution is -2.39. The van der Waals surface area contributed by atoms with E-state index in [-0.39, 0.29) is 24.0 Å². The lowest BCUT2D eigenvalue weighted by Gasteiger charge is -2.22. The monoisotopic (exact) mass is 454 g/mol. The summed E-state index contributed by atoms with van der Waals surface area (Å²) in [5, 5.41) is 6.75. The smallest absolute Gasteiger partial charge is 0.190 e. The molecule has 0 heterocycles. The molecule has 0 aromatic heterocycles. The van der Waals surface area contributed by atoms with E-state index in [1.807, 2.05) is 7.05 Å². The summed E-state index contributed by atoms with van der Waals surface area (Å²) in [6.07, 6.45) is 9.27. The normalized spacial score (nSPS) is 16.1. The molecule has 1 rings (SSSR count). The Hall–Kier alpha value is -0.0800. The van der Waals surface area contributed by atoms with Gasteiger partial charge in [0, 0.05) is 26.7 Å². The molecule has 1 aliphatic carbocycles. The molecular weight excluding hydrogens is 415 g/mol. The Kier molecular flexibility index (Phi) is 16.3. The van der Waals surface area contributed by atoms with Gasteiger partial charge in [-0.3, -0.25) is 4.99 Å². The molecule has 0 aromatic carbocycles. The van der Waals surface area contributed by atoms with Crippen molar-refractivity contribution in [3.63, 3.8) is 0 Å². The van der Waals surface area contributed by atoms with Gasteiger partial charge < -0.3 is 20.3 Å². The fourth-order valence-electron chi connectivity index (χ4n) is 3.03. The van der Waals surface area contributed by atoms with Crippen molar-refractivity contribution >= 4 is 29.9 Å². The first-order valence-electron chi connectivity index (χ1n) is 9.58. The first kappa shape index (κ1) is 23.9. The van der Waals surface area contributed by atoms with Crippen LogP contribution in [-0.4, -0.2) is 63.3 Å². The molecule has 0 radical (unpaired) electrons. The summed E-state index contributed by atoms with van der Waals surface area (Å²) in [5.74, 6) is 0.905.